The number of esters is 1. The van der Waals surface area contributed by atoms with Gasteiger partial charge in [-0.3, -0.25) is 9.69 Å². The van der Waals surface area contributed by atoms with Crippen LogP contribution in [0.15, 0.2) is 24.3 Å². The molecule has 5 heteroatoms. The molecule has 0 aromatic heterocycles. The summed E-state index contributed by atoms with van der Waals surface area (Å²) in [7, 11) is 3.27. The Kier molecular flexibility index (Phi) is 6.92. The number of nitrogens with two attached hydrogens (primary N) is 1. The lowest BCUT2D eigenvalue weighted by molar-refractivity contribution is -0.141. The Morgan fingerprint density at radius 1 is 1.37 bits per heavy atom. The monoisotopic (exact) mass is 266 g/mol. The summed E-state index contributed by atoms with van der Waals surface area (Å²) < 4.78 is 10.3. The van der Waals surface area contributed by atoms with Crippen LogP contribution in [0.25, 0.3) is 0 Å². The predicted molar refractivity (Wildman–Crippen MR) is 74.0 cm³/mol. The molecule has 0 heterocycles. The molecule has 1 aromatic rings. The van der Waals surface area contributed by atoms with Crippen LogP contribution in [0.2, 0.25) is 0 Å². The number of nitrogens with zero attached hydrogens (tertiary/aromatic N) is 1. The molecule has 0 amide bonds. The van der Waals surface area contributed by atoms with Crippen molar-refractivity contribution in [1.29, 1.82) is 0 Å². The first kappa shape index (κ1) is 15.5. The Bertz CT molecular complexity index is 396. The van der Waals surface area contributed by atoms with Crippen LogP contribution in [0.1, 0.15) is 12.0 Å². The Balaban J connectivity index is 2.25. The Morgan fingerprint density at radius 3 is 2.79 bits per heavy atom. The lowest BCUT2D eigenvalue weighted by Gasteiger charge is -2.15. The topological polar surface area (TPSA) is 64.8 Å². The Labute approximate surface area is 114 Å². The number of carbonyl (C=O) groups is 1. The van der Waals surface area contributed by atoms with Gasteiger partial charge in [0.2, 0.25) is 0 Å². The molecule has 1 rings (SSSR count). The molecule has 0 bridgehead atoms. The van der Waals surface area contributed by atoms with Gasteiger partial charge in [0.1, 0.15) is 5.75 Å². The highest BCUT2D eigenvalue weighted by Crippen LogP contribution is 2.17. The third-order valence-corrected chi connectivity index (χ3v) is 2.76. The number of hydrogen-bond acceptors (Lipinski definition) is 5. The minimum absolute atomic E-state index is 0.225. The SMILES string of the molecule is COC(=O)CN(C)CCCOc1ccccc1CN. The molecule has 0 aliphatic carbocycles. The van der Waals surface area contributed by atoms with E-state index in [1.807, 2.05) is 36.2 Å². The first-order valence-corrected chi connectivity index (χ1v) is 6.33. The Hall–Kier alpha value is -1.59. The first-order valence-electron chi connectivity index (χ1n) is 6.33. The normalized spacial score (nSPS) is 10.5. The molecular formula is C14H22N2O3. The fraction of sp³-hybridized carbons (Fsp3) is 0.500. The third kappa shape index (κ3) is 5.72. The highest BCUT2D eigenvalue weighted by Gasteiger charge is 2.06. The van der Waals surface area contributed by atoms with E-state index in [1.54, 1.807) is 0 Å². The van der Waals surface area contributed by atoms with Crippen molar-refractivity contribution < 1.29 is 14.3 Å². The van der Waals surface area contributed by atoms with Gasteiger partial charge >= 0.3 is 5.97 Å². The molecule has 0 unspecified atom stereocenters. The molecule has 106 valence electrons. The maximum atomic E-state index is 11.1. The van der Waals surface area contributed by atoms with Crippen LogP contribution in [0.3, 0.4) is 0 Å². The summed E-state index contributed by atoms with van der Waals surface area (Å²) in [5, 5.41) is 0. The van der Waals surface area contributed by atoms with Crippen molar-refractivity contribution in [3.8, 4) is 5.75 Å². The van der Waals surface area contributed by atoms with Crippen LogP contribution in [-0.4, -0.2) is 44.7 Å². The largest absolute Gasteiger partial charge is 0.493 e. The minimum atomic E-state index is -0.225. The van der Waals surface area contributed by atoms with E-state index in [1.165, 1.54) is 7.11 Å². The highest BCUT2D eigenvalue weighted by molar-refractivity contribution is 5.71. The molecule has 0 radical (unpaired) electrons. The average Bonchev–Trinajstić information content (AvgIpc) is 2.43. The van der Waals surface area contributed by atoms with E-state index < -0.39 is 0 Å². The second kappa shape index (κ2) is 8.50. The van der Waals surface area contributed by atoms with Gasteiger partial charge in [-0.15, -0.1) is 0 Å². The summed E-state index contributed by atoms with van der Waals surface area (Å²) in [5.41, 5.74) is 6.64. The molecular weight excluding hydrogens is 244 g/mol. The molecule has 5 nitrogen and oxygen atoms in total. The van der Waals surface area contributed by atoms with E-state index in [0.29, 0.717) is 19.7 Å². The zero-order chi connectivity index (χ0) is 14.1. The molecule has 0 fully saturated rings. The number of benzene rings is 1. The number of methoxy groups -OCH3 is 1. The van der Waals surface area contributed by atoms with Crippen molar-refractivity contribution in [2.75, 3.05) is 33.9 Å². The van der Waals surface area contributed by atoms with E-state index >= 15 is 0 Å². The van der Waals surface area contributed by atoms with Crippen molar-refractivity contribution >= 4 is 5.97 Å². The fourth-order valence-electron chi connectivity index (χ4n) is 1.69. The molecule has 0 saturated carbocycles. The first-order chi connectivity index (χ1) is 9.17. The van der Waals surface area contributed by atoms with E-state index in [-0.39, 0.29) is 5.97 Å². The fourth-order valence-corrected chi connectivity index (χ4v) is 1.69. The maximum absolute atomic E-state index is 11.1. The number of carbonyl (C=O) groups excluding carboxylic acids is 1. The summed E-state index contributed by atoms with van der Waals surface area (Å²) in [5.74, 6) is 0.609. The van der Waals surface area contributed by atoms with Gasteiger partial charge in [0, 0.05) is 18.7 Å². The van der Waals surface area contributed by atoms with Gasteiger partial charge in [-0.2, -0.15) is 0 Å². The van der Waals surface area contributed by atoms with Crippen molar-refractivity contribution in [3.63, 3.8) is 0 Å². The van der Waals surface area contributed by atoms with Gasteiger partial charge in [-0.25, -0.2) is 0 Å². The number of ether oxygens (including phenoxy) is 2. The van der Waals surface area contributed by atoms with Gasteiger partial charge in [0.05, 0.1) is 20.3 Å². The molecule has 0 atom stereocenters. The second-order valence-corrected chi connectivity index (χ2v) is 4.33. The van der Waals surface area contributed by atoms with Crippen LogP contribution in [0.5, 0.6) is 5.75 Å². The van der Waals surface area contributed by atoms with Crippen molar-refractivity contribution in [3.05, 3.63) is 29.8 Å². The summed E-state index contributed by atoms with van der Waals surface area (Å²) >= 11 is 0. The average molecular weight is 266 g/mol. The number of para-hydroxylation sites is 1. The van der Waals surface area contributed by atoms with Crippen LogP contribution in [0, 0.1) is 0 Å². The quantitative estimate of drug-likeness (QED) is 0.562. The van der Waals surface area contributed by atoms with Crippen molar-refractivity contribution in [2.45, 2.75) is 13.0 Å². The van der Waals surface area contributed by atoms with E-state index in [0.717, 1.165) is 24.3 Å². The zero-order valence-electron chi connectivity index (χ0n) is 11.6. The third-order valence-electron chi connectivity index (χ3n) is 2.76. The zero-order valence-corrected chi connectivity index (χ0v) is 11.6. The molecule has 1 aromatic carbocycles. The van der Waals surface area contributed by atoms with Gasteiger partial charge in [-0.05, 0) is 19.5 Å². The van der Waals surface area contributed by atoms with Gasteiger partial charge < -0.3 is 15.2 Å². The maximum Gasteiger partial charge on any atom is 0.319 e. The molecule has 0 spiro atoms. The molecule has 0 aliphatic rings. The number of hydrogen-bond donors (Lipinski definition) is 1. The summed E-state index contributed by atoms with van der Waals surface area (Å²) in [6, 6.07) is 7.75. The van der Waals surface area contributed by atoms with Gasteiger partial charge in [0.15, 0.2) is 0 Å². The van der Waals surface area contributed by atoms with Crippen LogP contribution < -0.4 is 10.5 Å². The van der Waals surface area contributed by atoms with Gasteiger partial charge in [0.25, 0.3) is 0 Å². The molecule has 0 aliphatic heterocycles. The lowest BCUT2D eigenvalue weighted by Crippen LogP contribution is -2.28. The van der Waals surface area contributed by atoms with Crippen molar-refractivity contribution in [2.24, 2.45) is 5.73 Å². The standard InChI is InChI=1S/C14H22N2O3/c1-16(11-14(17)18-2)8-5-9-19-13-7-4-3-6-12(13)10-15/h3-4,6-7H,5,8-11,15H2,1-2H3. The summed E-state index contributed by atoms with van der Waals surface area (Å²) in [6.45, 7) is 2.15. The van der Waals surface area contributed by atoms with Crippen LogP contribution in [-0.2, 0) is 16.1 Å². The second-order valence-electron chi connectivity index (χ2n) is 4.33. The van der Waals surface area contributed by atoms with E-state index in [9.17, 15) is 4.79 Å². The predicted octanol–water partition coefficient (Wildman–Crippen LogP) is 1.02. The smallest absolute Gasteiger partial charge is 0.319 e. The highest BCUT2D eigenvalue weighted by atomic mass is 16.5. The lowest BCUT2D eigenvalue weighted by atomic mass is 10.2. The number of rotatable bonds is 8. The number of likely N-dealkylation sites (N-methyl/N-ethyl adjacent to an activating group) is 1. The Morgan fingerprint density at radius 2 is 2.11 bits per heavy atom. The molecule has 2 N–H and O–H groups in total. The van der Waals surface area contributed by atoms with E-state index in [4.69, 9.17) is 10.5 Å². The van der Waals surface area contributed by atoms with Crippen LogP contribution >= 0.6 is 0 Å². The molecule has 0 saturated heterocycles. The van der Waals surface area contributed by atoms with Gasteiger partial charge in [-0.1, -0.05) is 18.2 Å². The van der Waals surface area contributed by atoms with E-state index in [2.05, 4.69) is 4.74 Å². The van der Waals surface area contributed by atoms with Crippen molar-refractivity contribution in [1.82, 2.24) is 4.90 Å². The minimum Gasteiger partial charge on any atom is -0.493 e. The molecule has 19 heavy (non-hydrogen) atoms. The summed E-state index contributed by atoms with van der Waals surface area (Å²) in [6.07, 6.45) is 0.840. The van der Waals surface area contributed by atoms with Crippen LogP contribution in [0.4, 0.5) is 0 Å². The summed E-state index contributed by atoms with van der Waals surface area (Å²) in [4.78, 5) is 13.0.